The Labute approximate surface area is 206 Å². The van der Waals surface area contributed by atoms with E-state index in [-0.39, 0.29) is 11.8 Å². The van der Waals surface area contributed by atoms with Crippen molar-refractivity contribution in [3.63, 3.8) is 0 Å². The number of H-pyrrole nitrogens is 1. The summed E-state index contributed by atoms with van der Waals surface area (Å²) in [6.07, 6.45) is 4.96. The first-order chi connectivity index (χ1) is 17.1. The van der Waals surface area contributed by atoms with Gasteiger partial charge in [-0.1, -0.05) is 78.9 Å². The Kier molecular flexibility index (Phi) is 6.66. The van der Waals surface area contributed by atoms with E-state index in [2.05, 4.69) is 22.4 Å². The summed E-state index contributed by atoms with van der Waals surface area (Å²) in [7, 11) is 0. The predicted octanol–water partition coefficient (Wildman–Crippen LogP) is 4.67. The highest BCUT2D eigenvalue weighted by Crippen LogP contribution is 2.29. The van der Waals surface area contributed by atoms with Gasteiger partial charge in [0.1, 0.15) is 5.54 Å². The minimum Gasteiger partial charge on any atom is -0.361 e. The van der Waals surface area contributed by atoms with Gasteiger partial charge in [0, 0.05) is 43.0 Å². The van der Waals surface area contributed by atoms with Crippen LogP contribution in [0.2, 0.25) is 0 Å². The molecule has 0 spiro atoms. The molecular weight excluding hydrogens is 434 g/mol. The van der Waals surface area contributed by atoms with Crippen LogP contribution >= 0.6 is 0 Å². The zero-order valence-electron chi connectivity index (χ0n) is 19.9. The monoisotopic (exact) mass is 465 g/mol. The zero-order valence-corrected chi connectivity index (χ0v) is 19.9. The zero-order chi connectivity index (χ0) is 24.1. The number of benzene rings is 3. The van der Waals surface area contributed by atoms with Crippen LogP contribution in [0.25, 0.3) is 10.9 Å². The molecule has 5 rings (SSSR count). The molecule has 2 amide bonds. The molecule has 1 aromatic heterocycles. The normalized spacial score (nSPS) is 17.7. The number of carbonyl (C=O) groups excluding carboxylic acids is 2. The van der Waals surface area contributed by atoms with Crippen LogP contribution in [0.15, 0.2) is 91.1 Å². The minimum absolute atomic E-state index is 0.0225. The van der Waals surface area contributed by atoms with E-state index in [9.17, 15) is 9.59 Å². The predicted molar refractivity (Wildman–Crippen MR) is 139 cm³/mol. The van der Waals surface area contributed by atoms with Crippen LogP contribution in [0, 0.1) is 0 Å². The van der Waals surface area contributed by atoms with Gasteiger partial charge in [-0.15, -0.1) is 0 Å². The number of nitrogens with one attached hydrogen (secondary N) is 2. The third-order valence-corrected chi connectivity index (χ3v) is 7.04. The standard InChI is InChI=1S/C30H31N3O2/c34-28(16-15-23-9-3-1-4-10-23)32-30(21-24-11-5-2-6-12-24)18-20-33(29(30)35)19-17-25-22-31-27-14-8-7-13-26(25)27/h1-14,22,31H,15-21H2,(H,32,34). The Hall–Kier alpha value is -3.86. The molecule has 178 valence electrons. The number of aryl methyl sites for hydroxylation is 1. The fraction of sp³-hybridized carbons (Fsp3) is 0.267. The van der Waals surface area contributed by atoms with Gasteiger partial charge in [0.05, 0.1) is 0 Å². The van der Waals surface area contributed by atoms with Crippen molar-refractivity contribution in [1.29, 1.82) is 0 Å². The molecule has 0 radical (unpaired) electrons. The van der Waals surface area contributed by atoms with Gasteiger partial charge in [-0.2, -0.15) is 0 Å². The summed E-state index contributed by atoms with van der Waals surface area (Å²) in [6.45, 7) is 1.28. The summed E-state index contributed by atoms with van der Waals surface area (Å²) in [6, 6.07) is 28.2. The van der Waals surface area contributed by atoms with E-state index in [0.29, 0.717) is 38.8 Å². The Morgan fingerprint density at radius 1 is 0.886 bits per heavy atom. The van der Waals surface area contributed by atoms with E-state index in [1.807, 2.05) is 83.9 Å². The van der Waals surface area contributed by atoms with E-state index < -0.39 is 5.54 Å². The van der Waals surface area contributed by atoms with Crippen LogP contribution in [-0.4, -0.2) is 40.3 Å². The smallest absolute Gasteiger partial charge is 0.248 e. The van der Waals surface area contributed by atoms with Crippen LogP contribution in [0.5, 0.6) is 0 Å². The summed E-state index contributed by atoms with van der Waals surface area (Å²) >= 11 is 0. The van der Waals surface area contributed by atoms with Crippen LogP contribution in [0.3, 0.4) is 0 Å². The average molecular weight is 466 g/mol. The molecule has 1 unspecified atom stereocenters. The van der Waals surface area contributed by atoms with Gasteiger partial charge >= 0.3 is 0 Å². The van der Waals surface area contributed by atoms with Crippen molar-refractivity contribution in [3.8, 4) is 0 Å². The average Bonchev–Trinajstić information content (AvgIpc) is 3.44. The van der Waals surface area contributed by atoms with Crippen LogP contribution in [0.1, 0.15) is 29.5 Å². The maximum Gasteiger partial charge on any atom is 0.248 e. The molecule has 4 aromatic rings. The highest BCUT2D eigenvalue weighted by molar-refractivity contribution is 5.93. The SMILES string of the molecule is O=C(CCc1ccccc1)NC1(Cc2ccccc2)CCN(CCc2c[nH]c3ccccc23)C1=O. The lowest BCUT2D eigenvalue weighted by atomic mass is 9.88. The number of likely N-dealkylation sites (tertiary alicyclic amines) is 1. The molecule has 5 heteroatoms. The Morgan fingerprint density at radius 3 is 2.34 bits per heavy atom. The number of aromatic nitrogens is 1. The molecule has 0 aliphatic carbocycles. The van der Waals surface area contributed by atoms with E-state index >= 15 is 0 Å². The number of hydrogen-bond donors (Lipinski definition) is 2. The van der Waals surface area contributed by atoms with Gasteiger partial charge in [0.15, 0.2) is 0 Å². The molecule has 2 N–H and O–H groups in total. The quantitative estimate of drug-likeness (QED) is 0.377. The highest BCUT2D eigenvalue weighted by Gasteiger charge is 2.47. The molecule has 0 bridgehead atoms. The molecule has 1 aliphatic heterocycles. The summed E-state index contributed by atoms with van der Waals surface area (Å²) in [5.74, 6) is -0.0501. The summed E-state index contributed by atoms with van der Waals surface area (Å²) in [5, 5.41) is 4.38. The summed E-state index contributed by atoms with van der Waals surface area (Å²) in [5.41, 5.74) is 3.61. The van der Waals surface area contributed by atoms with Crippen molar-refractivity contribution < 1.29 is 9.59 Å². The Balaban J connectivity index is 1.29. The molecule has 3 aromatic carbocycles. The number of carbonyl (C=O) groups is 2. The first-order valence-corrected chi connectivity index (χ1v) is 12.4. The number of nitrogens with zero attached hydrogens (tertiary/aromatic N) is 1. The fourth-order valence-corrected chi connectivity index (χ4v) is 5.14. The lowest BCUT2D eigenvalue weighted by Gasteiger charge is -2.29. The maximum absolute atomic E-state index is 13.8. The molecule has 1 atom stereocenters. The number of amides is 2. The van der Waals surface area contributed by atoms with E-state index in [1.54, 1.807) is 0 Å². The molecule has 1 aliphatic rings. The molecule has 1 fully saturated rings. The van der Waals surface area contributed by atoms with Crippen molar-refractivity contribution in [2.75, 3.05) is 13.1 Å². The summed E-state index contributed by atoms with van der Waals surface area (Å²) < 4.78 is 0. The first kappa shape index (κ1) is 22.9. The molecular formula is C30H31N3O2. The Bertz CT molecular complexity index is 1300. The fourth-order valence-electron chi connectivity index (χ4n) is 5.14. The second kappa shape index (κ2) is 10.2. The third kappa shape index (κ3) is 5.14. The molecule has 0 saturated carbocycles. The molecule has 2 heterocycles. The minimum atomic E-state index is -0.894. The Morgan fingerprint density at radius 2 is 1.57 bits per heavy atom. The van der Waals surface area contributed by atoms with E-state index in [1.165, 1.54) is 10.9 Å². The molecule has 5 nitrogen and oxygen atoms in total. The van der Waals surface area contributed by atoms with Gasteiger partial charge in [0.25, 0.3) is 0 Å². The number of hydrogen-bond acceptors (Lipinski definition) is 2. The van der Waals surface area contributed by atoms with Crippen LogP contribution in [-0.2, 0) is 28.9 Å². The van der Waals surface area contributed by atoms with E-state index in [0.717, 1.165) is 23.1 Å². The van der Waals surface area contributed by atoms with Crippen molar-refractivity contribution in [2.45, 2.75) is 37.6 Å². The lowest BCUT2D eigenvalue weighted by Crippen LogP contribution is -2.55. The summed E-state index contributed by atoms with van der Waals surface area (Å²) in [4.78, 5) is 32.0. The van der Waals surface area contributed by atoms with Gasteiger partial charge in [0.2, 0.25) is 11.8 Å². The lowest BCUT2D eigenvalue weighted by molar-refractivity contribution is -0.137. The second-order valence-electron chi connectivity index (χ2n) is 9.43. The van der Waals surface area contributed by atoms with Crippen molar-refractivity contribution in [3.05, 3.63) is 108 Å². The number of fused-ring (bicyclic) bond motifs is 1. The second-order valence-corrected chi connectivity index (χ2v) is 9.43. The number of para-hydroxylation sites is 1. The van der Waals surface area contributed by atoms with Crippen molar-refractivity contribution in [2.24, 2.45) is 0 Å². The number of aromatic amines is 1. The largest absolute Gasteiger partial charge is 0.361 e. The van der Waals surface area contributed by atoms with Gasteiger partial charge < -0.3 is 15.2 Å². The van der Waals surface area contributed by atoms with E-state index in [4.69, 9.17) is 0 Å². The number of rotatable bonds is 9. The topological polar surface area (TPSA) is 65.2 Å². The van der Waals surface area contributed by atoms with Gasteiger partial charge in [-0.3, -0.25) is 9.59 Å². The van der Waals surface area contributed by atoms with Crippen molar-refractivity contribution >= 4 is 22.7 Å². The third-order valence-electron chi connectivity index (χ3n) is 7.04. The van der Waals surface area contributed by atoms with Crippen molar-refractivity contribution in [1.82, 2.24) is 15.2 Å². The highest BCUT2D eigenvalue weighted by atomic mass is 16.2. The van der Waals surface area contributed by atoms with Gasteiger partial charge in [-0.05, 0) is 42.0 Å². The van der Waals surface area contributed by atoms with Gasteiger partial charge in [-0.25, -0.2) is 0 Å². The van der Waals surface area contributed by atoms with Crippen LogP contribution in [0.4, 0.5) is 0 Å². The molecule has 1 saturated heterocycles. The maximum atomic E-state index is 13.8. The van der Waals surface area contributed by atoms with Crippen LogP contribution < -0.4 is 5.32 Å². The first-order valence-electron chi connectivity index (χ1n) is 12.4. The molecule has 35 heavy (non-hydrogen) atoms.